The van der Waals surface area contributed by atoms with E-state index in [1.165, 1.54) is 0 Å². The summed E-state index contributed by atoms with van der Waals surface area (Å²) in [5.74, 6) is 0. The Morgan fingerprint density at radius 3 is 2.86 bits per heavy atom. The maximum absolute atomic E-state index is 9.68. The van der Waals surface area contributed by atoms with E-state index in [1.807, 2.05) is 6.07 Å². The van der Waals surface area contributed by atoms with Crippen molar-refractivity contribution in [1.82, 2.24) is 0 Å². The minimum atomic E-state index is -0.435. The molecule has 1 aromatic rings. The van der Waals surface area contributed by atoms with Gasteiger partial charge in [-0.2, -0.15) is 0 Å². The Morgan fingerprint density at radius 2 is 2.21 bits per heavy atom. The fourth-order valence-electron chi connectivity index (χ4n) is 1.53. The zero-order valence-electron chi connectivity index (χ0n) is 7.89. The van der Waals surface area contributed by atoms with Crippen molar-refractivity contribution in [1.29, 1.82) is 0 Å². The molecule has 1 unspecified atom stereocenters. The van der Waals surface area contributed by atoms with Gasteiger partial charge in [-0.05, 0) is 11.6 Å². The SMILES string of the molecule is OC(Cc1ccoc1)CC1OCCO1. The molecule has 1 aliphatic rings. The minimum Gasteiger partial charge on any atom is -0.472 e. The van der Waals surface area contributed by atoms with E-state index < -0.39 is 6.10 Å². The highest BCUT2D eigenvalue weighted by atomic mass is 16.7. The van der Waals surface area contributed by atoms with Crippen molar-refractivity contribution in [2.45, 2.75) is 25.2 Å². The smallest absolute Gasteiger partial charge is 0.160 e. The van der Waals surface area contributed by atoms with Crippen LogP contribution in [0.3, 0.4) is 0 Å². The number of hydrogen-bond acceptors (Lipinski definition) is 4. The fourth-order valence-corrected chi connectivity index (χ4v) is 1.53. The average Bonchev–Trinajstić information content (AvgIpc) is 2.76. The van der Waals surface area contributed by atoms with Crippen LogP contribution in [0.1, 0.15) is 12.0 Å². The third-order valence-electron chi connectivity index (χ3n) is 2.21. The molecule has 0 aliphatic carbocycles. The second kappa shape index (κ2) is 4.59. The van der Waals surface area contributed by atoms with Gasteiger partial charge in [-0.25, -0.2) is 0 Å². The highest BCUT2D eigenvalue weighted by molar-refractivity contribution is 5.06. The van der Waals surface area contributed by atoms with Crippen LogP contribution in [0.5, 0.6) is 0 Å². The molecule has 0 bridgehead atoms. The highest BCUT2D eigenvalue weighted by Gasteiger charge is 2.20. The summed E-state index contributed by atoms with van der Waals surface area (Å²) in [6.07, 6.45) is 3.67. The van der Waals surface area contributed by atoms with Gasteiger partial charge in [0.05, 0.1) is 31.8 Å². The van der Waals surface area contributed by atoms with Crippen molar-refractivity contribution < 1.29 is 19.0 Å². The molecule has 1 aromatic heterocycles. The molecule has 14 heavy (non-hydrogen) atoms. The lowest BCUT2D eigenvalue weighted by molar-refractivity contribution is -0.0698. The number of rotatable bonds is 4. The third-order valence-corrected chi connectivity index (χ3v) is 2.21. The molecular formula is C10H14O4. The molecule has 0 spiro atoms. The Labute approximate surface area is 82.4 Å². The second-order valence-electron chi connectivity index (χ2n) is 3.40. The standard InChI is InChI=1S/C10H14O4/c11-9(5-8-1-2-12-7-8)6-10-13-3-4-14-10/h1-2,7,9-11H,3-6H2. The van der Waals surface area contributed by atoms with Crippen molar-refractivity contribution in [2.24, 2.45) is 0 Å². The molecule has 1 N–H and O–H groups in total. The first-order chi connectivity index (χ1) is 6.84. The van der Waals surface area contributed by atoms with Crippen LogP contribution >= 0.6 is 0 Å². The van der Waals surface area contributed by atoms with Gasteiger partial charge in [-0.15, -0.1) is 0 Å². The molecule has 1 aliphatic heterocycles. The molecule has 4 nitrogen and oxygen atoms in total. The summed E-state index contributed by atoms with van der Waals surface area (Å²) in [6.45, 7) is 1.26. The van der Waals surface area contributed by atoms with Crippen LogP contribution in [-0.4, -0.2) is 30.7 Å². The second-order valence-corrected chi connectivity index (χ2v) is 3.40. The van der Waals surface area contributed by atoms with Gasteiger partial charge < -0.3 is 19.0 Å². The summed E-state index contributed by atoms with van der Waals surface area (Å²) in [6, 6.07) is 1.85. The van der Waals surface area contributed by atoms with Crippen LogP contribution < -0.4 is 0 Å². The summed E-state index contributed by atoms with van der Waals surface area (Å²) >= 11 is 0. The average molecular weight is 198 g/mol. The molecule has 1 saturated heterocycles. The normalized spacial score (nSPS) is 20.1. The quantitative estimate of drug-likeness (QED) is 0.782. The molecule has 0 aromatic carbocycles. The van der Waals surface area contributed by atoms with Crippen LogP contribution in [0.2, 0.25) is 0 Å². The molecule has 0 amide bonds. The fraction of sp³-hybridized carbons (Fsp3) is 0.600. The van der Waals surface area contributed by atoms with Gasteiger partial charge in [-0.1, -0.05) is 0 Å². The first-order valence-corrected chi connectivity index (χ1v) is 4.77. The predicted molar refractivity (Wildman–Crippen MR) is 48.7 cm³/mol. The van der Waals surface area contributed by atoms with Crippen LogP contribution in [0, 0.1) is 0 Å². The summed E-state index contributed by atoms with van der Waals surface area (Å²) in [7, 11) is 0. The zero-order valence-corrected chi connectivity index (χ0v) is 7.89. The Bertz CT molecular complexity index is 251. The Morgan fingerprint density at radius 1 is 1.43 bits per heavy atom. The van der Waals surface area contributed by atoms with Crippen molar-refractivity contribution in [3.05, 3.63) is 24.2 Å². The van der Waals surface area contributed by atoms with E-state index in [4.69, 9.17) is 13.9 Å². The van der Waals surface area contributed by atoms with Gasteiger partial charge in [0.1, 0.15) is 0 Å². The Balaban J connectivity index is 1.75. The first kappa shape index (κ1) is 9.71. The molecule has 78 valence electrons. The van der Waals surface area contributed by atoms with Crippen LogP contribution in [0.15, 0.2) is 23.0 Å². The topological polar surface area (TPSA) is 51.8 Å². The van der Waals surface area contributed by atoms with Crippen molar-refractivity contribution in [3.8, 4) is 0 Å². The Kier molecular flexibility index (Phi) is 3.18. The van der Waals surface area contributed by atoms with Gasteiger partial charge in [-0.3, -0.25) is 0 Å². The van der Waals surface area contributed by atoms with E-state index >= 15 is 0 Å². The molecule has 0 saturated carbocycles. The molecule has 0 radical (unpaired) electrons. The highest BCUT2D eigenvalue weighted by Crippen LogP contribution is 2.13. The molecular weight excluding hydrogens is 184 g/mol. The van der Waals surface area contributed by atoms with Crippen molar-refractivity contribution >= 4 is 0 Å². The summed E-state index contributed by atoms with van der Waals surface area (Å²) < 4.78 is 15.4. The molecule has 1 fully saturated rings. The molecule has 2 rings (SSSR count). The molecule has 4 heteroatoms. The summed E-state index contributed by atoms with van der Waals surface area (Å²) in [4.78, 5) is 0. The van der Waals surface area contributed by atoms with Gasteiger partial charge in [0.15, 0.2) is 6.29 Å². The molecule has 2 heterocycles. The zero-order chi connectivity index (χ0) is 9.80. The molecule has 1 atom stereocenters. The third kappa shape index (κ3) is 2.57. The van der Waals surface area contributed by atoms with E-state index in [1.54, 1.807) is 12.5 Å². The van der Waals surface area contributed by atoms with Gasteiger partial charge in [0.25, 0.3) is 0 Å². The van der Waals surface area contributed by atoms with E-state index in [0.717, 1.165) is 5.56 Å². The number of furan rings is 1. The monoisotopic (exact) mass is 198 g/mol. The van der Waals surface area contributed by atoms with Crippen LogP contribution in [-0.2, 0) is 15.9 Å². The number of hydrogen-bond donors (Lipinski definition) is 1. The lowest BCUT2D eigenvalue weighted by Gasteiger charge is -2.13. The summed E-state index contributed by atoms with van der Waals surface area (Å²) in [5, 5.41) is 9.68. The number of ether oxygens (including phenoxy) is 2. The lowest BCUT2D eigenvalue weighted by Crippen LogP contribution is -2.20. The van der Waals surface area contributed by atoms with Gasteiger partial charge in [0.2, 0.25) is 0 Å². The minimum absolute atomic E-state index is 0.239. The summed E-state index contributed by atoms with van der Waals surface area (Å²) in [5.41, 5.74) is 0.996. The maximum Gasteiger partial charge on any atom is 0.160 e. The van der Waals surface area contributed by atoms with E-state index in [9.17, 15) is 5.11 Å². The number of aliphatic hydroxyl groups is 1. The maximum atomic E-state index is 9.68. The van der Waals surface area contributed by atoms with Crippen molar-refractivity contribution in [2.75, 3.05) is 13.2 Å². The van der Waals surface area contributed by atoms with E-state index in [2.05, 4.69) is 0 Å². The van der Waals surface area contributed by atoms with E-state index in [0.29, 0.717) is 26.1 Å². The predicted octanol–water partition coefficient (Wildman–Crippen LogP) is 0.946. The number of aliphatic hydroxyl groups excluding tert-OH is 1. The van der Waals surface area contributed by atoms with Crippen LogP contribution in [0.25, 0.3) is 0 Å². The Hall–Kier alpha value is -0.840. The van der Waals surface area contributed by atoms with Gasteiger partial charge >= 0.3 is 0 Å². The largest absolute Gasteiger partial charge is 0.472 e. The lowest BCUT2D eigenvalue weighted by atomic mass is 10.1. The first-order valence-electron chi connectivity index (χ1n) is 4.77. The van der Waals surface area contributed by atoms with Crippen LogP contribution in [0.4, 0.5) is 0 Å². The van der Waals surface area contributed by atoms with Crippen molar-refractivity contribution in [3.63, 3.8) is 0 Å². The van der Waals surface area contributed by atoms with Gasteiger partial charge in [0, 0.05) is 12.8 Å². The van der Waals surface area contributed by atoms with E-state index in [-0.39, 0.29) is 6.29 Å².